The molecule has 0 spiro atoms. The van der Waals surface area contributed by atoms with E-state index in [-0.39, 0.29) is 40.7 Å². The zero-order valence-corrected chi connectivity index (χ0v) is 14.9. The van der Waals surface area contributed by atoms with Gasteiger partial charge in [-0.2, -0.15) is 0 Å². The molecule has 0 saturated carbocycles. The van der Waals surface area contributed by atoms with Crippen LogP contribution in [0.5, 0.6) is 0 Å². The number of nitrogens with zero attached hydrogens (tertiary/aromatic N) is 2. The number of halogens is 3. The van der Waals surface area contributed by atoms with Crippen LogP contribution in [0.15, 0.2) is 36.3 Å². The molecule has 0 fully saturated rings. The smallest absolute Gasteiger partial charge is 0.163 e. The lowest BCUT2D eigenvalue weighted by molar-refractivity contribution is 0.350. The van der Waals surface area contributed by atoms with Gasteiger partial charge in [0, 0.05) is 41.1 Å². The normalized spacial score (nSPS) is 22.9. The number of nitrogens with two attached hydrogens (primary N) is 1. The van der Waals surface area contributed by atoms with Crippen LogP contribution in [0.4, 0.5) is 19.0 Å². The van der Waals surface area contributed by atoms with Crippen molar-refractivity contribution >= 4 is 16.7 Å². The van der Waals surface area contributed by atoms with Crippen LogP contribution in [0.2, 0.25) is 0 Å². The van der Waals surface area contributed by atoms with Gasteiger partial charge in [-0.05, 0) is 24.5 Å². The van der Waals surface area contributed by atoms with Gasteiger partial charge in [0.25, 0.3) is 0 Å². The van der Waals surface area contributed by atoms with Crippen molar-refractivity contribution < 1.29 is 13.2 Å². The Hall–Kier alpha value is -2.83. The molecule has 27 heavy (non-hydrogen) atoms. The Morgan fingerprint density at radius 2 is 1.89 bits per heavy atom. The molecule has 0 amide bonds. The van der Waals surface area contributed by atoms with E-state index in [9.17, 15) is 13.2 Å². The molecule has 2 aromatic heterocycles. The quantitative estimate of drug-likeness (QED) is 0.658. The first-order chi connectivity index (χ1) is 12.8. The predicted molar refractivity (Wildman–Crippen MR) is 98.5 cm³/mol. The number of benzene rings is 1. The molecule has 0 radical (unpaired) electrons. The van der Waals surface area contributed by atoms with Crippen LogP contribution in [0, 0.1) is 23.5 Å². The van der Waals surface area contributed by atoms with Gasteiger partial charge in [0.15, 0.2) is 5.82 Å². The molecular weight excluding hydrogens is 353 g/mol. The van der Waals surface area contributed by atoms with Crippen LogP contribution in [-0.2, 0) is 0 Å². The second-order valence-corrected chi connectivity index (χ2v) is 7.21. The predicted octanol–water partition coefficient (Wildman–Crippen LogP) is 5.10. The van der Waals surface area contributed by atoms with E-state index in [1.54, 1.807) is 12.1 Å². The van der Waals surface area contributed by atoms with Crippen LogP contribution in [-0.4, -0.2) is 15.0 Å². The largest absolute Gasteiger partial charge is 0.384 e. The minimum Gasteiger partial charge on any atom is -0.384 e. The number of allylic oxidation sites excluding steroid dienone is 2. The molecule has 3 unspecified atom stereocenters. The molecule has 2 heterocycles. The molecule has 1 aliphatic rings. The first-order valence-electron chi connectivity index (χ1n) is 8.81. The fourth-order valence-corrected chi connectivity index (χ4v) is 3.77. The zero-order chi connectivity index (χ0) is 19.3. The maximum absolute atomic E-state index is 14.0. The zero-order valence-electron chi connectivity index (χ0n) is 14.9. The molecular formula is C20H19F3N4. The van der Waals surface area contributed by atoms with E-state index in [1.807, 2.05) is 13.8 Å². The summed E-state index contributed by atoms with van der Waals surface area (Å²) in [5.41, 5.74) is 7.34. The van der Waals surface area contributed by atoms with Gasteiger partial charge in [-0.25, -0.2) is 23.1 Å². The summed E-state index contributed by atoms with van der Waals surface area (Å²) in [6.07, 6.45) is 3.77. The third-order valence-corrected chi connectivity index (χ3v) is 5.23. The Balaban J connectivity index is 1.83. The number of H-pyrrole nitrogens is 1. The van der Waals surface area contributed by atoms with E-state index in [0.29, 0.717) is 23.1 Å². The van der Waals surface area contributed by atoms with Crippen LogP contribution in [0.25, 0.3) is 22.3 Å². The SMILES string of the molecule is CC1CC(c2cc(N)nc(-c3c[nH]c4c(F)cc(F)cc34)n2)C(C)C=C1F. The van der Waals surface area contributed by atoms with Crippen LogP contribution >= 0.6 is 0 Å². The van der Waals surface area contributed by atoms with Gasteiger partial charge in [-0.15, -0.1) is 0 Å². The van der Waals surface area contributed by atoms with Gasteiger partial charge in [0.05, 0.1) is 17.0 Å². The fourth-order valence-electron chi connectivity index (χ4n) is 3.77. The fraction of sp³-hybridized carbons (Fsp3) is 0.300. The molecule has 1 aromatic carbocycles. The molecule has 4 rings (SSSR count). The maximum Gasteiger partial charge on any atom is 0.163 e. The van der Waals surface area contributed by atoms with E-state index in [0.717, 1.165) is 6.07 Å². The van der Waals surface area contributed by atoms with E-state index in [1.165, 1.54) is 12.3 Å². The molecule has 0 aliphatic heterocycles. The summed E-state index contributed by atoms with van der Waals surface area (Å²) in [6, 6.07) is 3.74. The number of nitrogen functional groups attached to an aromatic ring is 1. The second-order valence-electron chi connectivity index (χ2n) is 7.21. The molecule has 3 atom stereocenters. The highest BCUT2D eigenvalue weighted by molar-refractivity contribution is 5.94. The van der Waals surface area contributed by atoms with Crippen molar-refractivity contribution in [2.75, 3.05) is 5.73 Å². The number of aromatic amines is 1. The van der Waals surface area contributed by atoms with E-state index in [2.05, 4.69) is 15.0 Å². The summed E-state index contributed by atoms with van der Waals surface area (Å²) >= 11 is 0. The third-order valence-electron chi connectivity index (χ3n) is 5.23. The average Bonchev–Trinajstić information content (AvgIpc) is 3.01. The highest BCUT2D eigenvalue weighted by Gasteiger charge is 2.29. The number of rotatable bonds is 2. The molecule has 0 saturated heterocycles. The number of nitrogens with one attached hydrogen (secondary N) is 1. The summed E-state index contributed by atoms with van der Waals surface area (Å²) < 4.78 is 41.5. The number of aromatic nitrogens is 3. The third kappa shape index (κ3) is 3.07. The van der Waals surface area contributed by atoms with Crippen molar-refractivity contribution in [2.45, 2.75) is 26.2 Å². The minimum absolute atomic E-state index is 0.0118. The summed E-state index contributed by atoms with van der Waals surface area (Å²) in [4.78, 5) is 11.7. The Kier molecular flexibility index (Phi) is 4.17. The van der Waals surface area contributed by atoms with Crippen LogP contribution in [0.3, 0.4) is 0 Å². The lowest BCUT2D eigenvalue weighted by Gasteiger charge is -2.29. The van der Waals surface area contributed by atoms with E-state index in [4.69, 9.17) is 5.73 Å². The van der Waals surface area contributed by atoms with Crippen molar-refractivity contribution in [1.82, 2.24) is 15.0 Å². The molecule has 140 valence electrons. The summed E-state index contributed by atoms with van der Waals surface area (Å²) in [5, 5.41) is 0.347. The molecule has 3 aromatic rings. The maximum atomic E-state index is 14.0. The Morgan fingerprint density at radius 1 is 1.11 bits per heavy atom. The van der Waals surface area contributed by atoms with E-state index < -0.39 is 11.6 Å². The van der Waals surface area contributed by atoms with Gasteiger partial charge in [-0.1, -0.05) is 13.8 Å². The number of anilines is 1. The topological polar surface area (TPSA) is 67.6 Å². The van der Waals surface area contributed by atoms with Gasteiger partial charge < -0.3 is 10.7 Å². The molecule has 1 aliphatic carbocycles. The first kappa shape index (κ1) is 17.6. The lowest BCUT2D eigenvalue weighted by Crippen LogP contribution is -2.19. The van der Waals surface area contributed by atoms with Gasteiger partial charge in [0.2, 0.25) is 0 Å². The molecule has 4 nitrogen and oxygen atoms in total. The monoisotopic (exact) mass is 372 g/mol. The number of hydrogen-bond acceptors (Lipinski definition) is 3. The van der Waals surface area contributed by atoms with Crippen molar-refractivity contribution in [1.29, 1.82) is 0 Å². The van der Waals surface area contributed by atoms with Gasteiger partial charge >= 0.3 is 0 Å². The van der Waals surface area contributed by atoms with Crippen molar-refractivity contribution in [3.63, 3.8) is 0 Å². The lowest BCUT2D eigenvalue weighted by atomic mass is 9.78. The first-order valence-corrected chi connectivity index (χ1v) is 8.81. The summed E-state index contributed by atoms with van der Waals surface area (Å²) in [6.45, 7) is 3.77. The Labute approximate surface area is 154 Å². The summed E-state index contributed by atoms with van der Waals surface area (Å²) in [7, 11) is 0. The number of fused-ring (bicyclic) bond motifs is 1. The highest BCUT2D eigenvalue weighted by atomic mass is 19.1. The van der Waals surface area contributed by atoms with Crippen LogP contribution < -0.4 is 5.73 Å². The van der Waals surface area contributed by atoms with Gasteiger partial charge in [-0.3, -0.25) is 0 Å². The van der Waals surface area contributed by atoms with Crippen molar-refractivity contribution in [3.05, 3.63) is 53.6 Å². The van der Waals surface area contributed by atoms with Gasteiger partial charge in [0.1, 0.15) is 17.5 Å². The van der Waals surface area contributed by atoms with Crippen LogP contribution in [0.1, 0.15) is 31.9 Å². The number of hydrogen-bond donors (Lipinski definition) is 2. The standard InChI is InChI=1S/C20H19F3N4/c1-9-4-15(22)10(2)3-12(9)17-7-18(24)27-20(26-17)14-8-25-19-13(14)5-11(21)6-16(19)23/h4-10,12,25H,3H2,1-2H3,(H2,24,26,27). The minimum atomic E-state index is -0.685. The molecule has 0 bridgehead atoms. The Bertz CT molecular complexity index is 1060. The van der Waals surface area contributed by atoms with Crippen molar-refractivity contribution in [2.24, 2.45) is 11.8 Å². The Morgan fingerprint density at radius 3 is 2.67 bits per heavy atom. The average molecular weight is 372 g/mol. The van der Waals surface area contributed by atoms with Crippen molar-refractivity contribution in [3.8, 4) is 11.4 Å². The summed E-state index contributed by atoms with van der Waals surface area (Å²) in [5.74, 6) is -1.17. The second kappa shape index (κ2) is 6.40. The van der Waals surface area contributed by atoms with E-state index >= 15 is 0 Å². The highest BCUT2D eigenvalue weighted by Crippen LogP contribution is 2.40. The molecule has 3 N–H and O–H groups in total. The molecule has 7 heteroatoms.